The molecule has 0 saturated carbocycles. The summed E-state index contributed by atoms with van der Waals surface area (Å²) in [4.78, 5) is 25.1. The van der Waals surface area contributed by atoms with E-state index in [0.717, 1.165) is 10.9 Å². The van der Waals surface area contributed by atoms with Crippen LogP contribution in [-0.4, -0.2) is 20.4 Å². The lowest BCUT2D eigenvalue weighted by atomic mass is 10.1. The Balaban J connectivity index is 1.72. The van der Waals surface area contributed by atoms with Crippen molar-refractivity contribution in [3.8, 4) is 0 Å². The number of aromatic nitrogens is 3. The van der Waals surface area contributed by atoms with E-state index >= 15 is 0 Å². The summed E-state index contributed by atoms with van der Waals surface area (Å²) in [5, 5.41) is 2.78. The van der Waals surface area contributed by atoms with Gasteiger partial charge in [0.15, 0.2) is 4.80 Å². The Morgan fingerprint density at radius 3 is 2.96 bits per heavy atom. The van der Waals surface area contributed by atoms with E-state index in [1.807, 2.05) is 47.3 Å². The van der Waals surface area contributed by atoms with E-state index in [4.69, 9.17) is 0 Å². The van der Waals surface area contributed by atoms with Crippen molar-refractivity contribution in [2.45, 2.75) is 13.5 Å². The van der Waals surface area contributed by atoms with Gasteiger partial charge in [-0.3, -0.25) is 4.79 Å². The third-order valence-corrected chi connectivity index (χ3v) is 4.86. The van der Waals surface area contributed by atoms with Crippen molar-refractivity contribution in [3.63, 3.8) is 0 Å². The smallest absolute Gasteiger partial charge is 0.281 e. The number of thiazole rings is 1. The zero-order valence-electron chi connectivity index (χ0n) is 13.6. The van der Waals surface area contributed by atoms with E-state index in [-0.39, 0.29) is 5.91 Å². The van der Waals surface area contributed by atoms with Crippen molar-refractivity contribution in [1.82, 2.24) is 14.5 Å². The largest absolute Gasteiger partial charge is 0.345 e. The van der Waals surface area contributed by atoms with Crippen LogP contribution >= 0.6 is 11.3 Å². The van der Waals surface area contributed by atoms with Gasteiger partial charge < -0.3 is 9.55 Å². The molecule has 4 aromatic rings. The van der Waals surface area contributed by atoms with Crippen LogP contribution in [-0.2, 0) is 6.54 Å². The third kappa shape index (κ3) is 3.04. The summed E-state index contributed by atoms with van der Waals surface area (Å²) in [6.07, 6.45) is 5.37. The van der Waals surface area contributed by atoms with Gasteiger partial charge in [0.25, 0.3) is 5.91 Å². The Labute approximate surface area is 148 Å². The quantitative estimate of drug-likeness (QED) is 0.616. The number of rotatable bonds is 3. The van der Waals surface area contributed by atoms with Crippen LogP contribution in [0.5, 0.6) is 0 Å². The number of aromatic amines is 1. The average molecular weight is 348 g/mol. The second kappa shape index (κ2) is 6.49. The number of aryl methyl sites for hydroxylation is 1. The fourth-order valence-corrected chi connectivity index (χ4v) is 3.55. The maximum atomic E-state index is 12.7. The lowest BCUT2D eigenvalue weighted by Gasteiger charge is -2.02. The van der Waals surface area contributed by atoms with Gasteiger partial charge in [-0.2, -0.15) is 4.99 Å². The highest BCUT2D eigenvalue weighted by Gasteiger charge is 2.14. The van der Waals surface area contributed by atoms with Crippen LogP contribution in [0.15, 0.2) is 65.4 Å². The normalized spacial score (nSPS) is 12.0. The van der Waals surface area contributed by atoms with Gasteiger partial charge >= 0.3 is 0 Å². The van der Waals surface area contributed by atoms with Crippen LogP contribution in [0.4, 0.5) is 0 Å². The molecule has 0 aliphatic rings. The van der Waals surface area contributed by atoms with Crippen molar-refractivity contribution in [2.75, 3.05) is 0 Å². The Bertz CT molecular complexity index is 1110. The first-order valence-electron chi connectivity index (χ1n) is 7.92. The minimum atomic E-state index is -0.258. The zero-order chi connectivity index (χ0) is 17.2. The molecule has 6 heteroatoms. The molecule has 0 atom stereocenters. The minimum Gasteiger partial charge on any atom is -0.345 e. The third-order valence-electron chi connectivity index (χ3n) is 4.07. The molecular formula is C19H16N4OS. The van der Waals surface area contributed by atoms with Crippen molar-refractivity contribution in [1.29, 1.82) is 0 Å². The fourth-order valence-electron chi connectivity index (χ4n) is 2.82. The summed E-state index contributed by atoms with van der Waals surface area (Å²) in [5.41, 5.74) is 3.44. The molecule has 5 nitrogen and oxygen atoms in total. The van der Waals surface area contributed by atoms with Gasteiger partial charge in [0.05, 0.1) is 5.56 Å². The van der Waals surface area contributed by atoms with Crippen LogP contribution in [0.2, 0.25) is 0 Å². The van der Waals surface area contributed by atoms with E-state index in [0.29, 0.717) is 22.6 Å². The number of hydrogen-bond donors (Lipinski definition) is 1. The van der Waals surface area contributed by atoms with Gasteiger partial charge in [-0.1, -0.05) is 30.3 Å². The standard InChI is InChI=1S/C19H16N4OS/c1-13-7-8-20-17-16(13)15(11-21-17)18(24)22-19-23(9-10-25-19)12-14-5-3-2-4-6-14/h2-11H,12H2,1H3,(H,20,21)/b22-19-. The molecule has 0 radical (unpaired) electrons. The molecule has 0 saturated heterocycles. The number of carbonyl (C=O) groups excluding carboxylic acids is 1. The van der Waals surface area contributed by atoms with E-state index in [9.17, 15) is 4.79 Å². The average Bonchev–Trinajstić information content (AvgIpc) is 3.24. The number of nitrogens with one attached hydrogen (secondary N) is 1. The highest BCUT2D eigenvalue weighted by molar-refractivity contribution is 7.07. The number of H-pyrrole nitrogens is 1. The Morgan fingerprint density at radius 2 is 2.12 bits per heavy atom. The van der Waals surface area contributed by atoms with Crippen molar-refractivity contribution in [2.24, 2.45) is 4.99 Å². The number of benzene rings is 1. The van der Waals surface area contributed by atoms with Gasteiger partial charge in [-0.25, -0.2) is 4.98 Å². The van der Waals surface area contributed by atoms with Gasteiger partial charge in [0, 0.05) is 35.9 Å². The maximum Gasteiger partial charge on any atom is 0.281 e. The lowest BCUT2D eigenvalue weighted by molar-refractivity contribution is 0.0999. The van der Waals surface area contributed by atoms with Gasteiger partial charge in [0.1, 0.15) is 5.65 Å². The Morgan fingerprint density at radius 1 is 1.28 bits per heavy atom. The summed E-state index contributed by atoms with van der Waals surface area (Å²) in [6.45, 7) is 2.65. The first kappa shape index (κ1) is 15.5. The monoisotopic (exact) mass is 348 g/mol. The summed E-state index contributed by atoms with van der Waals surface area (Å²) in [7, 11) is 0. The molecule has 0 spiro atoms. The summed E-state index contributed by atoms with van der Waals surface area (Å²) in [5.74, 6) is -0.258. The second-order valence-electron chi connectivity index (χ2n) is 5.77. The molecule has 0 unspecified atom stereocenters. The molecule has 4 rings (SSSR count). The molecule has 0 aliphatic heterocycles. The molecule has 1 N–H and O–H groups in total. The highest BCUT2D eigenvalue weighted by atomic mass is 32.1. The Kier molecular flexibility index (Phi) is 4.03. The van der Waals surface area contributed by atoms with Crippen molar-refractivity contribution < 1.29 is 4.79 Å². The molecule has 3 aromatic heterocycles. The number of nitrogens with zero attached hydrogens (tertiary/aromatic N) is 3. The second-order valence-corrected chi connectivity index (χ2v) is 6.64. The number of fused-ring (bicyclic) bond motifs is 1. The predicted molar refractivity (Wildman–Crippen MR) is 98.6 cm³/mol. The lowest BCUT2D eigenvalue weighted by Crippen LogP contribution is -2.17. The molecule has 0 fully saturated rings. The Hall–Kier alpha value is -2.99. The maximum absolute atomic E-state index is 12.7. The van der Waals surface area contributed by atoms with Crippen LogP contribution in [0, 0.1) is 6.92 Å². The molecular weight excluding hydrogens is 332 g/mol. The van der Waals surface area contributed by atoms with E-state index in [1.165, 1.54) is 16.9 Å². The highest BCUT2D eigenvalue weighted by Crippen LogP contribution is 2.20. The minimum absolute atomic E-state index is 0.258. The van der Waals surface area contributed by atoms with E-state index in [2.05, 4.69) is 27.1 Å². The van der Waals surface area contributed by atoms with Crippen molar-refractivity contribution in [3.05, 3.63) is 81.9 Å². The molecule has 124 valence electrons. The van der Waals surface area contributed by atoms with Gasteiger partial charge in [-0.05, 0) is 24.1 Å². The predicted octanol–water partition coefficient (Wildman–Crippen LogP) is 3.52. The number of carbonyl (C=O) groups is 1. The summed E-state index contributed by atoms with van der Waals surface area (Å²) < 4.78 is 1.98. The van der Waals surface area contributed by atoms with E-state index in [1.54, 1.807) is 12.4 Å². The molecule has 25 heavy (non-hydrogen) atoms. The molecule has 1 aromatic carbocycles. The molecule has 0 aliphatic carbocycles. The van der Waals surface area contributed by atoms with Gasteiger partial charge in [0.2, 0.25) is 0 Å². The fraction of sp³-hybridized carbons (Fsp3) is 0.105. The molecule has 1 amide bonds. The zero-order valence-corrected chi connectivity index (χ0v) is 14.5. The van der Waals surface area contributed by atoms with Crippen LogP contribution in [0.25, 0.3) is 11.0 Å². The van der Waals surface area contributed by atoms with Crippen LogP contribution in [0.3, 0.4) is 0 Å². The molecule has 0 bridgehead atoms. The van der Waals surface area contributed by atoms with Gasteiger partial charge in [-0.15, -0.1) is 11.3 Å². The topological polar surface area (TPSA) is 63.0 Å². The summed E-state index contributed by atoms with van der Waals surface area (Å²) in [6, 6.07) is 12.0. The SMILES string of the molecule is Cc1ccnc2[nH]cc(C(=O)/N=c3\sccn3Cc3ccccc3)c12. The van der Waals surface area contributed by atoms with E-state index < -0.39 is 0 Å². The summed E-state index contributed by atoms with van der Waals surface area (Å²) >= 11 is 1.45. The number of pyridine rings is 1. The first-order chi connectivity index (χ1) is 12.2. The number of hydrogen-bond acceptors (Lipinski definition) is 3. The van der Waals surface area contributed by atoms with Crippen molar-refractivity contribution >= 4 is 28.3 Å². The first-order valence-corrected chi connectivity index (χ1v) is 8.80. The molecule has 3 heterocycles. The van der Waals surface area contributed by atoms with Crippen LogP contribution in [0.1, 0.15) is 21.5 Å². The van der Waals surface area contributed by atoms with Crippen LogP contribution < -0.4 is 4.80 Å². The number of amides is 1.